The second-order valence-corrected chi connectivity index (χ2v) is 7.47. The Morgan fingerprint density at radius 2 is 1.76 bits per heavy atom. The predicted octanol–water partition coefficient (Wildman–Crippen LogP) is 2.99. The van der Waals surface area contributed by atoms with Gasteiger partial charge >= 0.3 is 0 Å². The van der Waals surface area contributed by atoms with E-state index in [4.69, 9.17) is 0 Å². The third-order valence-corrected chi connectivity index (χ3v) is 5.84. The van der Waals surface area contributed by atoms with E-state index in [1.165, 1.54) is 0 Å². The third-order valence-electron chi connectivity index (χ3n) is 3.65. The summed E-state index contributed by atoms with van der Waals surface area (Å²) in [5, 5.41) is 3.29. The number of hydrogen-bond acceptors (Lipinski definition) is 3. The Bertz CT molecular complexity index is 541. The highest BCUT2D eigenvalue weighted by molar-refractivity contribution is 7.89. The minimum absolute atomic E-state index is 0.00566. The number of nitrogens with zero attached hydrogens (tertiary/aromatic N) is 1. The fourth-order valence-corrected chi connectivity index (χ4v) is 4.20. The fourth-order valence-electron chi connectivity index (χ4n) is 2.26. The minimum atomic E-state index is -3.45. The summed E-state index contributed by atoms with van der Waals surface area (Å²) in [6, 6.07) is 7.58. The summed E-state index contributed by atoms with van der Waals surface area (Å²) in [4.78, 5) is 0.417. The summed E-state index contributed by atoms with van der Waals surface area (Å²) >= 11 is 0. The molecule has 120 valence electrons. The third kappa shape index (κ3) is 4.53. The van der Waals surface area contributed by atoms with Gasteiger partial charge in [0.05, 0.1) is 4.90 Å². The molecule has 1 atom stereocenters. The standard InChI is InChI=1S/C16H28N2O2S/c1-6-14(5)18(7-2)21(19,20)16-11-9-8-10-15(16)12-17-13(3)4/h8-11,13-14,17H,6-7,12H2,1-5H3. The van der Waals surface area contributed by atoms with E-state index in [0.717, 1.165) is 12.0 Å². The Morgan fingerprint density at radius 1 is 1.14 bits per heavy atom. The van der Waals surface area contributed by atoms with E-state index in [9.17, 15) is 8.42 Å². The van der Waals surface area contributed by atoms with Crippen molar-refractivity contribution in [2.45, 2.75) is 64.6 Å². The van der Waals surface area contributed by atoms with Gasteiger partial charge < -0.3 is 5.32 Å². The van der Waals surface area contributed by atoms with Crippen molar-refractivity contribution in [3.8, 4) is 0 Å². The van der Waals surface area contributed by atoms with Crippen LogP contribution in [0.25, 0.3) is 0 Å². The van der Waals surface area contributed by atoms with Gasteiger partial charge in [-0.2, -0.15) is 4.31 Å². The molecule has 1 N–H and O–H groups in total. The van der Waals surface area contributed by atoms with Crippen LogP contribution in [-0.4, -0.2) is 31.4 Å². The zero-order chi connectivity index (χ0) is 16.0. The van der Waals surface area contributed by atoms with Crippen LogP contribution >= 0.6 is 0 Å². The van der Waals surface area contributed by atoms with Gasteiger partial charge in [-0.25, -0.2) is 8.42 Å². The van der Waals surface area contributed by atoms with Crippen LogP contribution in [0, 0.1) is 0 Å². The summed E-state index contributed by atoms with van der Waals surface area (Å²) in [5.74, 6) is 0. The molecule has 0 bridgehead atoms. The fraction of sp³-hybridized carbons (Fsp3) is 0.625. The van der Waals surface area contributed by atoms with E-state index in [0.29, 0.717) is 24.0 Å². The summed E-state index contributed by atoms with van der Waals surface area (Å²) in [6.45, 7) is 11.0. The van der Waals surface area contributed by atoms with Gasteiger partial charge in [-0.15, -0.1) is 0 Å². The Morgan fingerprint density at radius 3 is 2.29 bits per heavy atom. The maximum Gasteiger partial charge on any atom is 0.243 e. The molecule has 0 saturated carbocycles. The van der Waals surface area contributed by atoms with E-state index in [1.807, 2.05) is 32.9 Å². The first-order valence-electron chi connectivity index (χ1n) is 7.67. The van der Waals surface area contributed by atoms with Crippen molar-refractivity contribution in [1.29, 1.82) is 0 Å². The Hall–Kier alpha value is -0.910. The SMILES string of the molecule is CCC(C)N(CC)S(=O)(=O)c1ccccc1CNC(C)C. The van der Waals surface area contributed by atoms with Crippen molar-refractivity contribution in [2.75, 3.05) is 6.54 Å². The van der Waals surface area contributed by atoms with Crippen LogP contribution in [0.4, 0.5) is 0 Å². The van der Waals surface area contributed by atoms with Crippen molar-refractivity contribution in [3.05, 3.63) is 29.8 Å². The maximum absolute atomic E-state index is 12.9. The van der Waals surface area contributed by atoms with Gasteiger partial charge in [0.1, 0.15) is 0 Å². The van der Waals surface area contributed by atoms with Gasteiger partial charge in [-0.05, 0) is 25.0 Å². The predicted molar refractivity (Wildman–Crippen MR) is 87.7 cm³/mol. The maximum atomic E-state index is 12.9. The average Bonchev–Trinajstić information content (AvgIpc) is 2.45. The molecule has 0 fully saturated rings. The number of sulfonamides is 1. The summed E-state index contributed by atoms with van der Waals surface area (Å²) < 4.78 is 27.4. The lowest BCUT2D eigenvalue weighted by Crippen LogP contribution is -2.38. The van der Waals surface area contributed by atoms with E-state index in [1.54, 1.807) is 16.4 Å². The first-order valence-corrected chi connectivity index (χ1v) is 9.11. The van der Waals surface area contributed by atoms with E-state index >= 15 is 0 Å². The molecule has 1 aromatic rings. The van der Waals surface area contributed by atoms with Gasteiger partial charge in [0.2, 0.25) is 10.0 Å². The average molecular weight is 312 g/mol. The smallest absolute Gasteiger partial charge is 0.243 e. The van der Waals surface area contributed by atoms with Crippen LogP contribution in [0.3, 0.4) is 0 Å². The first-order chi connectivity index (χ1) is 9.84. The molecule has 1 rings (SSSR count). The molecule has 0 aliphatic heterocycles. The monoisotopic (exact) mass is 312 g/mol. The summed E-state index contributed by atoms with van der Waals surface area (Å²) in [5.41, 5.74) is 0.827. The highest BCUT2D eigenvalue weighted by atomic mass is 32.2. The zero-order valence-corrected chi connectivity index (χ0v) is 14.6. The summed E-state index contributed by atoms with van der Waals surface area (Å²) in [7, 11) is -3.45. The van der Waals surface area contributed by atoms with Crippen molar-refractivity contribution in [3.63, 3.8) is 0 Å². The van der Waals surface area contributed by atoms with Crippen LogP contribution in [0.15, 0.2) is 29.2 Å². The largest absolute Gasteiger partial charge is 0.310 e. The van der Waals surface area contributed by atoms with Gasteiger partial charge in [-0.3, -0.25) is 0 Å². The molecule has 1 aromatic carbocycles. The molecular formula is C16H28N2O2S. The highest BCUT2D eigenvalue weighted by Crippen LogP contribution is 2.23. The van der Waals surface area contributed by atoms with E-state index < -0.39 is 10.0 Å². The number of nitrogens with one attached hydrogen (secondary N) is 1. The summed E-state index contributed by atoms with van der Waals surface area (Å²) in [6.07, 6.45) is 0.805. The van der Waals surface area contributed by atoms with Gasteiger partial charge in [-0.1, -0.05) is 45.9 Å². The molecule has 0 heterocycles. The molecule has 0 aromatic heterocycles. The Kier molecular flexibility index (Phi) is 6.84. The van der Waals surface area contributed by atoms with Crippen molar-refractivity contribution < 1.29 is 8.42 Å². The van der Waals surface area contributed by atoms with Crippen molar-refractivity contribution >= 4 is 10.0 Å². The molecule has 0 radical (unpaired) electrons. The topological polar surface area (TPSA) is 49.4 Å². The molecular weight excluding hydrogens is 284 g/mol. The second-order valence-electron chi connectivity index (χ2n) is 5.61. The van der Waals surface area contributed by atoms with Crippen LogP contribution in [-0.2, 0) is 16.6 Å². The normalized spacial score (nSPS) is 13.9. The molecule has 21 heavy (non-hydrogen) atoms. The molecule has 4 nitrogen and oxygen atoms in total. The molecule has 0 spiro atoms. The molecule has 0 aliphatic carbocycles. The van der Waals surface area contributed by atoms with Crippen LogP contribution in [0.5, 0.6) is 0 Å². The molecule has 1 unspecified atom stereocenters. The minimum Gasteiger partial charge on any atom is -0.310 e. The first kappa shape index (κ1) is 18.1. The number of rotatable bonds is 8. The lowest BCUT2D eigenvalue weighted by Gasteiger charge is -2.27. The molecule has 0 aliphatic rings. The van der Waals surface area contributed by atoms with Crippen LogP contribution < -0.4 is 5.32 Å². The van der Waals surface area contributed by atoms with Crippen molar-refractivity contribution in [1.82, 2.24) is 9.62 Å². The highest BCUT2D eigenvalue weighted by Gasteiger charge is 2.28. The van der Waals surface area contributed by atoms with Gasteiger partial charge in [0.15, 0.2) is 0 Å². The lowest BCUT2D eigenvalue weighted by atomic mass is 10.2. The molecule has 5 heteroatoms. The van der Waals surface area contributed by atoms with E-state index in [-0.39, 0.29) is 6.04 Å². The van der Waals surface area contributed by atoms with E-state index in [2.05, 4.69) is 19.2 Å². The molecule has 0 amide bonds. The Balaban J connectivity index is 3.18. The number of benzene rings is 1. The lowest BCUT2D eigenvalue weighted by molar-refractivity contribution is 0.342. The molecule has 0 saturated heterocycles. The number of hydrogen-bond donors (Lipinski definition) is 1. The van der Waals surface area contributed by atoms with Crippen molar-refractivity contribution in [2.24, 2.45) is 0 Å². The zero-order valence-electron chi connectivity index (χ0n) is 13.8. The Labute approximate surface area is 129 Å². The van der Waals surface area contributed by atoms with Gasteiger partial charge in [0.25, 0.3) is 0 Å². The van der Waals surface area contributed by atoms with Crippen LogP contribution in [0.1, 0.15) is 46.6 Å². The second kappa shape index (κ2) is 7.92. The quantitative estimate of drug-likeness (QED) is 0.803. The van der Waals surface area contributed by atoms with Crippen LogP contribution in [0.2, 0.25) is 0 Å². The van der Waals surface area contributed by atoms with Gasteiger partial charge in [0, 0.05) is 25.2 Å².